The van der Waals surface area contributed by atoms with E-state index in [1.807, 2.05) is 18.2 Å². The van der Waals surface area contributed by atoms with Crippen LogP contribution in [-0.2, 0) is 11.2 Å². The van der Waals surface area contributed by atoms with Gasteiger partial charge in [-0.1, -0.05) is 30.3 Å². The molecule has 0 aliphatic rings. The molecule has 126 valence electrons. The van der Waals surface area contributed by atoms with Crippen molar-refractivity contribution in [1.82, 2.24) is 5.32 Å². The van der Waals surface area contributed by atoms with Crippen molar-refractivity contribution in [3.63, 3.8) is 0 Å². The Labute approximate surface area is 141 Å². The number of urea groups is 1. The zero-order valence-corrected chi connectivity index (χ0v) is 13.5. The molecule has 2 aromatic carbocycles. The fourth-order valence-corrected chi connectivity index (χ4v) is 2.12. The van der Waals surface area contributed by atoms with Crippen LogP contribution < -0.4 is 16.0 Å². The van der Waals surface area contributed by atoms with E-state index < -0.39 is 6.09 Å². The molecular weight excluding hydrogens is 306 g/mol. The van der Waals surface area contributed by atoms with E-state index in [1.165, 1.54) is 12.7 Å². The molecule has 2 aromatic rings. The van der Waals surface area contributed by atoms with Gasteiger partial charge >= 0.3 is 12.1 Å². The maximum absolute atomic E-state index is 11.8. The number of methoxy groups -OCH3 is 1. The number of amides is 3. The third kappa shape index (κ3) is 6.00. The number of hydrogen-bond donors (Lipinski definition) is 3. The van der Waals surface area contributed by atoms with Crippen LogP contribution in [0.25, 0.3) is 0 Å². The van der Waals surface area contributed by atoms with Crippen LogP contribution in [0.2, 0.25) is 0 Å². The average Bonchev–Trinajstić information content (AvgIpc) is 2.61. The Morgan fingerprint density at radius 2 is 1.54 bits per heavy atom. The summed E-state index contributed by atoms with van der Waals surface area (Å²) in [6, 6.07) is 16.7. The smallest absolute Gasteiger partial charge is 0.411 e. The van der Waals surface area contributed by atoms with E-state index in [0.717, 1.165) is 12.8 Å². The number of ether oxygens (including phenoxy) is 1. The number of carbonyl (C=O) groups excluding carboxylic acids is 2. The molecule has 0 unspecified atom stereocenters. The second-order valence-electron chi connectivity index (χ2n) is 5.16. The average molecular weight is 327 g/mol. The molecule has 0 heterocycles. The molecule has 0 atom stereocenters. The highest BCUT2D eigenvalue weighted by molar-refractivity contribution is 5.90. The predicted molar refractivity (Wildman–Crippen MR) is 94.3 cm³/mol. The highest BCUT2D eigenvalue weighted by Crippen LogP contribution is 2.13. The summed E-state index contributed by atoms with van der Waals surface area (Å²) in [5, 5.41) is 8.10. The minimum Gasteiger partial charge on any atom is -0.453 e. The maximum Gasteiger partial charge on any atom is 0.411 e. The number of aryl methyl sites for hydroxylation is 1. The molecule has 24 heavy (non-hydrogen) atoms. The number of anilines is 2. The normalized spacial score (nSPS) is 9.88. The first kappa shape index (κ1) is 17.3. The quantitative estimate of drug-likeness (QED) is 0.709. The van der Waals surface area contributed by atoms with E-state index in [-0.39, 0.29) is 6.03 Å². The first-order valence-corrected chi connectivity index (χ1v) is 7.71. The van der Waals surface area contributed by atoms with Crippen molar-refractivity contribution in [2.45, 2.75) is 12.8 Å². The largest absolute Gasteiger partial charge is 0.453 e. The van der Waals surface area contributed by atoms with Crippen LogP contribution in [0.4, 0.5) is 21.0 Å². The van der Waals surface area contributed by atoms with Crippen LogP contribution in [0.5, 0.6) is 0 Å². The standard InChI is InChI=1S/C18H21N3O3/c1-24-18(23)21-16-11-9-15(10-12-16)20-17(22)19-13-5-8-14-6-3-2-4-7-14/h2-4,6-7,9-12H,5,8,13H2,1H3,(H,21,23)(H2,19,20,22). The zero-order valence-electron chi connectivity index (χ0n) is 13.5. The van der Waals surface area contributed by atoms with Gasteiger partial charge in [0.25, 0.3) is 0 Å². The van der Waals surface area contributed by atoms with E-state index >= 15 is 0 Å². The van der Waals surface area contributed by atoms with Crippen molar-refractivity contribution in [3.8, 4) is 0 Å². The third-order valence-corrected chi connectivity index (χ3v) is 3.35. The van der Waals surface area contributed by atoms with Gasteiger partial charge in [-0.3, -0.25) is 5.32 Å². The number of carbonyl (C=O) groups is 2. The summed E-state index contributed by atoms with van der Waals surface area (Å²) in [4.78, 5) is 22.9. The molecule has 0 spiro atoms. The van der Waals surface area contributed by atoms with Crippen molar-refractivity contribution in [2.75, 3.05) is 24.3 Å². The number of nitrogens with one attached hydrogen (secondary N) is 3. The monoisotopic (exact) mass is 327 g/mol. The summed E-state index contributed by atoms with van der Waals surface area (Å²) in [5.41, 5.74) is 2.50. The molecule has 3 amide bonds. The molecule has 0 aromatic heterocycles. The van der Waals surface area contributed by atoms with Crippen LogP contribution >= 0.6 is 0 Å². The van der Waals surface area contributed by atoms with Crippen molar-refractivity contribution in [3.05, 3.63) is 60.2 Å². The minimum absolute atomic E-state index is 0.253. The molecule has 3 N–H and O–H groups in total. The van der Waals surface area contributed by atoms with Gasteiger partial charge in [0.1, 0.15) is 0 Å². The molecule has 2 rings (SSSR count). The molecule has 0 bridgehead atoms. The maximum atomic E-state index is 11.8. The molecule has 6 nitrogen and oxygen atoms in total. The van der Waals surface area contributed by atoms with Crippen LogP contribution in [0.3, 0.4) is 0 Å². The lowest BCUT2D eigenvalue weighted by Gasteiger charge is -2.09. The molecule has 0 radical (unpaired) electrons. The number of rotatable bonds is 6. The Bertz CT molecular complexity index is 657. The SMILES string of the molecule is COC(=O)Nc1ccc(NC(=O)NCCCc2ccccc2)cc1. The number of benzene rings is 2. The van der Waals surface area contributed by atoms with Crippen LogP contribution in [-0.4, -0.2) is 25.8 Å². The van der Waals surface area contributed by atoms with Gasteiger partial charge < -0.3 is 15.4 Å². The van der Waals surface area contributed by atoms with Gasteiger partial charge in [0.2, 0.25) is 0 Å². The van der Waals surface area contributed by atoms with E-state index in [1.54, 1.807) is 24.3 Å². The summed E-state index contributed by atoms with van der Waals surface area (Å²) in [6.45, 7) is 0.600. The van der Waals surface area contributed by atoms with E-state index in [0.29, 0.717) is 17.9 Å². The molecular formula is C18H21N3O3. The molecule has 0 aliphatic carbocycles. The Balaban J connectivity index is 1.69. The lowest BCUT2D eigenvalue weighted by molar-refractivity contribution is 0.187. The Hall–Kier alpha value is -3.02. The molecule has 6 heteroatoms. The number of hydrogen-bond acceptors (Lipinski definition) is 3. The van der Waals surface area contributed by atoms with Crippen molar-refractivity contribution >= 4 is 23.5 Å². The lowest BCUT2D eigenvalue weighted by Crippen LogP contribution is -2.29. The molecule has 0 fully saturated rings. The first-order valence-electron chi connectivity index (χ1n) is 7.71. The van der Waals surface area contributed by atoms with Crippen molar-refractivity contribution in [2.24, 2.45) is 0 Å². The Kier molecular flexibility index (Phi) is 6.64. The fourth-order valence-electron chi connectivity index (χ4n) is 2.12. The molecule has 0 saturated heterocycles. The van der Waals surface area contributed by atoms with Crippen LogP contribution in [0.15, 0.2) is 54.6 Å². The second kappa shape index (κ2) is 9.19. The van der Waals surface area contributed by atoms with E-state index in [4.69, 9.17) is 0 Å². The fraction of sp³-hybridized carbons (Fsp3) is 0.222. The van der Waals surface area contributed by atoms with Gasteiger partial charge in [0.05, 0.1) is 7.11 Å². The lowest BCUT2D eigenvalue weighted by atomic mass is 10.1. The van der Waals surface area contributed by atoms with Crippen LogP contribution in [0.1, 0.15) is 12.0 Å². The predicted octanol–water partition coefficient (Wildman–Crippen LogP) is 3.62. The van der Waals surface area contributed by atoms with Gasteiger partial charge in [-0.05, 0) is 42.7 Å². The summed E-state index contributed by atoms with van der Waals surface area (Å²) >= 11 is 0. The molecule has 0 aliphatic heterocycles. The van der Waals surface area contributed by atoms with Crippen molar-refractivity contribution in [1.29, 1.82) is 0 Å². The highest BCUT2D eigenvalue weighted by atomic mass is 16.5. The third-order valence-electron chi connectivity index (χ3n) is 3.35. The molecule has 0 saturated carbocycles. The highest BCUT2D eigenvalue weighted by Gasteiger charge is 2.03. The van der Waals surface area contributed by atoms with Gasteiger partial charge in [0, 0.05) is 17.9 Å². The van der Waals surface area contributed by atoms with Gasteiger partial charge in [-0.15, -0.1) is 0 Å². The summed E-state index contributed by atoms with van der Waals surface area (Å²) < 4.78 is 4.51. The van der Waals surface area contributed by atoms with Crippen molar-refractivity contribution < 1.29 is 14.3 Å². The van der Waals surface area contributed by atoms with Gasteiger partial charge in [-0.2, -0.15) is 0 Å². The summed E-state index contributed by atoms with van der Waals surface area (Å²) in [6.07, 6.45) is 1.26. The topological polar surface area (TPSA) is 79.5 Å². The Morgan fingerprint density at radius 1 is 0.917 bits per heavy atom. The van der Waals surface area contributed by atoms with Gasteiger partial charge in [-0.25, -0.2) is 9.59 Å². The second-order valence-corrected chi connectivity index (χ2v) is 5.16. The Morgan fingerprint density at radius 3 is 2.17 bits per heavy atom. The summed E-state index contributed by atoms with van der Waals surface area (Å²) in [5.74, 6) is 0. The first-order chi connectivity index (χ1) is 11.7. The van der Waals surface area contributed by atoms with Gasteiger partial charge in [0.15, 0.2) is 0 Å². The van der Waals surface area contributed by atoms with Crippen LogP contribution in [0, 0.1) is 0 Å². The summed E-state index contributed by atoms with van der Waals surface area (Å²) in [7, 11) is 1.30. The van der Waals surface area contributed by atoms with E-state index in [9.17, 15) is 9.59 Å². The van der Waals surface area contributed by atoms with E-state index in [2.05, 4.69) is 32.8 Å². The zero-order chi connectivity index (χ0) is 17.2. The minimum atomic E-state index is -0.535.